The van der Waals surface area contributed by atoms with Crippen LogP contribution in [-0.4, -0.2) is 30.0 Å². The number of hydrogen-bond donors (Lipinski definition) is 2. The largest absolute Gasteiger partial charge is 0.498 e. The monoisotopic (exact) mass is 170 g/mol. The lowest BCUT2D eigenvalue weighted by atomic mass is 10.1. The second kappa shape index (κ2) is 3.29. The quantitative estimate of drug-likeness (QED) is 0.637. The minimum absolute atomic E-state index is 0.0401. The molecule has 0 fully saturated rings. The molecule has 1 unspecified atom stereocenters. The van der Waals surface area contributed by atoms with Crippen LogP contribution in [0.3, 0.4) is 0 Å². The van der Waals surface area contributed by atoms with E-state index < -0.39 is 6.10 Å². The maximum Gasteiger partial charge on any atom is 0.133 e. The van der Waals surface area contributed by atoms with E-state index in [1.165, 1.54) is 7.11 Å². The lowest BCUT2D eigenvalue weighted by Gasteiger charge is -2.08. The Kier molecular flexibility index (Phi) is 2.55. The SMILES string of the molecule is COC1=C(C)C(CO)=C(C)C1O. The van der Waals surface area contributed by atoms with Gasteiger partial charge in [-0.15, -0.1) is 0 Å². The van der Waals surface area contributed by atoms with Crippen LogP contribution in [-0.2, 0) is 4.74 Å². The fraction of sp³-hybridized carbons (Fsp3) is 0.556. The second-order valence-electron chi connectivity index (χ2n) is 2.92. The number of methoxy groups -OCH3 is 1. The average Bonchev–Trinajstić information content (AvgIpc) is 2.25. The predicted octanol–water partition coefficient (Wildman–Crippen LogP) is 0.590. The molecule has 2 N–H and O–H groups in total. The fourth-order valence-corrected chi connectivity index (χ4v) is 1.52. The summed E-state index contributed by atoms with van der Waals surface area (Å²) in [6.45, 7) is 3.59. The zero-order valence-corrected chi connectivity index (χ0v) is 7.59. The van der Waals surface area contributed by atoms with Crippen LogP contribution in [0.4, 0.5) is 0 Å². The Morgan fingerprint density at radius 2 is 2.00 bits per heavy atom. The lowest BCUT2D eigenvalue weighted by molar-refractivity contribution is 0.155. The van der Waals surface area contributed by atoms with Crippen LogP contribution in [0.25, 0.3) is 0 Å². The molecule has 0 aliphatic heterocycles. The van der Waals surface area contributed by atoms with Gasteiger partial charge in [0.15, 0.2) is 0 Å². The number of aliphatic hydroxyl groups excluding tert-OH is 2. The van der Waals surface area contributed by atoms with E-state index in [0.29, 0.717) is 5.76 Å². The number of ether oxygens (including phenoxy) is 1. The highest BCUT2D eigenvalue weighted by Gasteiger charge is 2.27. The number of rotatable bonds is 2. The molecule has 1 rings (SSSR count). The molecule has 12 heavy (non-hydrogen) atoms. The Labute approximate surface area is 72.0 Å². The first-order valence-electron chi connectivity index (χ1n) is 3.87. The molecule has 0 radical (unpaired) electrons. The van der Waals surface area contributed by atoms with Crippen LogP contribution in [0, 0.1) is 0 Å². The van der Waals surface area contributed by atoms with Crippen LogP contribution in [0.5, 0.6) is 0 Å². The van der Waals surface area contributed by atoms with Crippen LogP contribution < -0.4 is 0 Å². The van der Waals surface area contributed by atoms with E-state index in [9.17, 15) is 5.11 Å². The summed E-state index contributed by atoms with van der Waals surface area (Å²) in [6, 6.07) is 0. The molecule has 0 amide bonds. The molecular formula is C9H14O3. The molecule has 0 bridgehead atoms. The normalized spacial score (nSPS) is 23.9. The van der Waals surface area contributed by atoms with Crippen molar-refractivity contribution in [3.05, 3.63) is 22.5 Å². The van der Waals surface area contributed by atoms with Crippen molar-refractivity contribution in [2.45, 2.75) is 20.0 Å². The molecule has 0 heterocycles. The molecule has 0 aromatic heterocycles. The molecule has 3 heteroatoms. The maximum absolute atomic E-state index is 9.58. The average molecular weight is 170 g/mol. The lowest BCUT2D eigenvalue weighted by Crippen LogP contribution is -2.09. The standard InChI is InChI=1S/C9H14O3/c1-5-7(4-10)6(2)9(12-3)8(5)11/h8,10-11H,4H2,1-3H3. The van der Waals surface area contributed by atoms with Crippen LogP contribution in [0.15, 0.2) is 22.5 Å². The Morgan fingerprint density at radius 3 is 2.25 bits per heavy atom. The van der Waals surface area contributed by atoms with E-state index in [1.54, 1.807) is 6.92 Å². The summed E-state index contributed by atoms with van der Waals surface area (Å²) in [7, 11) is 1.52. The minimum Gasteiger partial charge on any atom is -0.498 e. The van der Waals surface area contributed by atoms with Crippen molar-refractivity contribution in [1.29, 1.82) is 0 Å². The van der Waals surface area contributed by atoms with Gasteiger partial charge in [-0.2, -0.15) is 0 Å². The summed E-state index contributed by atoms with van der Waals surface area (Å²) < 4.78 is 5.01. The summed E-state index contributed by atoms with van der Waals surface area (Å²) in [5, 5.41) is 18.6. The third-order valence-electron chi connectivity index (χ3n) is 2.33. The van der Waals surface area contributed by atoms with E-state index in [-0.39, 0.29) is 6.61 Å². The predicted molar refractivity (Wildman–Crippen MR) is 45.5 cm³/mol. The molecule has 68 valence electrons. The first kappa shape index (κ1) is 9.29. The third-order valence-corrected chi connectivity index (χ3v) is 2.33. The van der Waals surface area contributed by atoms with Gasteiger partial charge in [-0.3, -0.25) is 0 Å². The summed E-state index contributed by atoms with van der Waals surface area (Å²) in [4.78, 5) is 0. The van der Waals surface area contributed by atoms with Crippen molar-refractivity contribution in [1.82, 2.24) is 0 Å². The van der Waals surface area contributed by atoms with E-state index >= 15 is 0 Å². The zero-order valence-electron chi connectivity index (χ0n) is 7.59. The summed E-state index contributed by atoms with van der Waals surface area (Å²) in [6.07, 6.45) is -0.669. The van der Waals surface area contributed by atoms with Crippen molar-refractivity contribution in [3.8, 4) is 0 Å². The van der Waals surface area contributed by atoms with Crippen molar-refractivity contribution in [2.24, 2.45) is 0 Å². The number of hydrogen-bond acceptors (Lipinski definition) is 3. The Morgan fingerprint density at radius 1 is 1.42 bits per heavy atom. The van der Waals surface area contributed by atoms with Crippen molar-refractivity contribution in [3.63, 3.8) is 0 Å². The molecule has 3 nitrogen and oxygen atoms in total. The van der Waals surface area contributed by atoms with Gasteiger partial charge in [0, 0.05) is 0 Å². The summed E-state index contributed by atoms with van der Waals surface area (Å²) in [5.74, 6) is 0.552. The third kappa shape index (κ3) is 1.15. The van der Waals surface area contributed by atoms with E-state index in [4.69, 9.17) is 9.84 Å². The first-order valence-corrected chi connectivity index (χ1v) is 3.87. The molecule has 1 aliphatic carbocycles. The topological polar surface area (TPSA) is 49.7 Å². The molecule has 1 aliphatic rings. The Hall–Kier alpha value is -0.800. The molecule has 0 aromatic carbocycles. The smallest absolute Gasteiger partial charge is 0.133 e. The van der Waals surface area contributed by atoms with Gasteiger partial charge in [-0.25, -0.2) is 0 Å². The molecule has 0 spiro atoms. The van der Waals surface area contributed by atoms with Gasteiger partial charge in [-0.1, -0.05) is 0 Å². The maximum atomic E-state index is 9.58. The zero-order chi connectivity index (χ0) is 9.30. The van der Waals surface area contributed by atoms with Crippen LogP contribution in [0.1, 0.15) is 13.8 Å². The van der Waals surface area contributed by atoms with Crippen molar-refractivity contribution >= 4 is 0 Å². The summed E-state index contributed by atoms with van der Waals surface area (Å²) >= 11 is 0. The van der Waals surface area contributed by atoms with Crippen LogP contribution >= 0.6 is 0 Å². The molecule has 0 saturated carbocycles. The van der Waals surface area contributed by atoms with Gasteiger partial charge in [-0.05, 0) is 30.6 Å². The highest BCUT2D eigenvalue weighted by atomic mass is 16.5. The van der Waals surface area contributed by atoms with E-state index in [0.717, 1.165) is 16.7 Å². The molecule has 0 saturated heterocycles. The summed E-state index contributed by atoms with van der Waals surface area (Å²) in [5.41, 5.74) is 2.43. The second-order valence-corrected chi connectivity index (χ2v) is 2.92. The molecular weight excluding hydrogens is 156 g/mol. The molecule has 1 atom stereocenters. The highest BCUT2D eigenvalue weighted by molar-refractivity contribution is 5.47. The van der Waals surface area contributed by atoms with Crippen molar-refractivity contribution < 1.29 is 14.9 Å². The van der Waals surface area contributed by atoms with Crippen LogP contribution in [0.2, 0.25) is 0 Å². The van der Waals surface area contributed by atoms with Gasteiger partial charge >= 0.3 is 0 Å². The van der Waals surface area contributed by atoms with Gasteiger partial charge in [0.1, 0.15) is 11.9 Å². The first-order chi connectivity index (χ1) is 5.63. The van der Waals surface area contributed by atoms with E-state index in [1.807, 2.05) is 6.92 Å². The Bertz CT molecular complexity index is 250. The van der Waals surface area contributed by atoms with Gasteiger partial charge in [0.2, 0.25) is 0 Å². The fourth-order valence-electron chi connectivity index (χ4n) is 1.52. The Balaban J connectivity index is 3.05. The van der Waals surface area contributed by atoms with Crippen molar-refractivity contribution in [2.75, 3.05) is 13.7 Å². The van der Waals surface area contributed by atoms with E-state index in [2.05, 4.69) is 0 Å². The number of aliphatic hydroxyl groups is 2. The highest BCUT2D eigenvalue weighted by Crippen LogP contribution is 2.31. The minimum atomic E-state index is -0.669. The molecule has 0 aromatic rings. The van der Waals surface area contributed by atoms with Gasteiger partial charge in [0.25, 0.3) is 0 Å². The van der Waals surface area contributed by atoms with Gasteiger partial charge in [0.05, 0.1) is 13.7 Å². The van der Waals surface area contributed by atoms with Gasteiger partial charge < -0.3 is 14.9 Å².